The maximum absolute atomic E-state index is 6.17. The molecule has 2 aromatic rings. The van der Waals surface area contributed by atoms with Crippen LogP contribution in [0.25, 0.3) is 0 Å². The summed E-state index contributed by atoms with van der Waals surface area (Å²) in [5.74, 6) is 0.766. The topological polar surface area (TPSA) is 37.8 Å². The van der Waals surface area contributed by atoms with Crippen LogP contribution >= 0.6 is 22.9 Å². The van der Waals surface area contributed by atoms with Gasteiger partial charge in [-0.2, -0.15) is 0 Å². The van der Waals surface area contributed by atoms with E-state index >= 15 is 0 Å². The average molecular weight is 268 g/mol. The number of halogens is 1. The monoisotopic (exact) mass is 267 g/mol. The zero-order valence-electron chi connectivity index (χ0n) is 9.77. The van der Waals surface area contributed by atoms with Gasteiger partial charge in [-0.15, -0.1) is 11.3 Å². The van der Waals surface area contributed by atoms with E-state index in [1.54, 1.807) is 11.3 Å². The van der Waals surface area contributed by atoms with Crippen molar-refractivity contribution in [3.63, 3.8) is 0 Å². The molecule has 2 heterocycles. The van der Waals surface area contributed by atoms with Crippen molar-refractivity contribution in [1.29, 1.82) is 0 Å². The van der Waals surface area contributed by atoms with Gasteiger partial charge in [0.1, 0.15) is 6.04 Å². The van der Waals surface area contributed by atoms with E-state index in [-0.39, 0.29) is 6.04 Å². The van der Waals surface area contributed by atoms with E-state index in [1.807, 2.05) is 30.8 Å². The van der Waals surface area contributed by atoms with Crippen LogP contribution in [0.4, 0.5) is 0 Å². The summed E-state index contributed by atoms with van der Waals surface area (Å²) in [4.78, 5) is 9.80. The molecule has 3 nitrogen and oxygen atoms in total. The molecule has 2 aromatic heterocycles. The lowest BCUT2D eigenvalue weighted by atomic mass is 10.2. The second-order valence-electron chi connectivity index (χ2n) is 3.74. The third-order valence-corrected chi connectivity index (χ3v) is 3.80. The van der Waals surface area contributed by atoms with Crippen LogP contribution in [0, 0.1) is 6.92 Å². The Hall–Kier alpha value is -0.970. The van der Waals surface area contributed by atoms with Crippen LogP contribution in [0.15, 0.2) is 23.8 Å². The molecule has 0 fully saturated rings. The van der Waals surface area contributed by atoms with E-state index < -0.39 is 0 Å². The molecule has 17 heavy (non-hydrogen) atoms. The number of nitrogens with zero attached hydrogens (tertiary/aromatic N) is 2. The zero-order valence-corrected chi connectivity index (χ0v) is 11.3. The second kappa shape index (κ2) is 5.58. The molecule has 0 amide bonds. The minimum Gasteiger partial charge on any atom is -0.303 e. The maximum Gasteiger partial charge on any atom is 0.150 e. The second-order valence-corrected chi connectivity index (χ2v) is 5.10. The lowest BCUT2D eigenvalue weighted by molar-refractivity contribution is 0.605. The number of hydrogen-bond donors (Lipinski definition) is 1. The van der Waals surface area contributed by atoms with Crippen molar-refractivity contribution < 1.29 is 0 Å². The van der Waals surface area contributed by atoms with Crippen molar-refractivity contribution in [2.75, 3.05) is 6.54 Å². The Morgan fingerprint density at radius 1 is 1.41 bits per heavy atom. The predicted molar refractivity (Wildman–Crippen MR) is 71.6 cm³/mol. The molecular formula is C12H14ClN3S. The van der Waals surface area contributed by atoms with Crippen molar-refractivity contribution in [3.05, 3.63) is 45.1 Å². The van der Waals surface area contributed by atoms with Crippen LogP contribution in [-0.2, 0) is 0 Å². The first-order chi connectivity index (χ1) is 8.22. The van der Waals surface area contributed by atoms with E-state index in [1.165, 1.54) is 0 Å². The molecule has 1 N–H and O–H groups in total. The van der Waals surface area contributed by atoms with Gasteiger partial charge in [0.25, 0.3) is 0 Å². The predicted octanol–water partition coefficient (Wildman–Crippen LogP) is 3.20. The molecule has 0 aliphatic carbocycles. The normalized spacial score (nSPS) is 12.6. The summed E-state index contributed by atoms with van der Waals surface area (Å²) in [7, 11) is 0. The molecule has 90 valence electrons. The quantitative estimate of drug-likeness (QED) is 0.924. The van der Waals surface area contributed by atoms with Crippen LogP contribution in [0.1, 0.15) is 29.2 Å². The average Bonchev–Trinajstić information content (AvgIpc) is 2.74. The Morgan fingerprint density at radius 2 is 2.12 bits per heavy atom. The lowest BCUT2D eigenvalue weighted by Crippen LogP contribution is -2.23. The van der Waals surface area contributed by atoms with Gasteiger partial charge in [0.2, 0.25) is 0 Å². The molecule has 0 spiro atoms. The van der Waals surface area contributed by atoms with Crippen LogP contribution in [0.3, 0.4) is 0 Å². The van der Waals surface area contributed by atoms with Crippen molar-refractivity contribution in [3.8, 4) is 0 Å². The highest BCUT2D eigenvalue weighted by Crippen LogP contribution is 2.31. The minimum atomic E-state index is -0.0203. The molecule has 0 radical (unpaired) electrons. The molecule has 0 aliphatic heterocycles. The summed E-state index contributed by atoms with van der Waals surface area (Å²) in [6.07, 6.45) is 3.66. The highest BCUT2D eigenvalue weighted by Gasteiger charge is 2.19. The number of thiophene rings is 1. The molecule has 2 rings (SSSR count). The van der Waals surface area contributed by atoms with Gasteiger partial charge in [0.05, 0.1) is 5.02 Å². The Balaban J connectivity index is 2.35. The van der Waals surface area contributed by atoms with E-state index in [9.17, 15) is 0 Å². The summed E-state index contributed by atoms with van der Waals surface area (Å²) in [5, 5.41) is 6.11. The fourth-order valence-corrected chi connectivity index (χ4v) is 2.81. The molecular weight excluding hydrogens is 254 g/mol. The van der Waals surface area contributed by atoms with E-state index in [2.05, 4.69) is 22.2 Å². The van der Waals surface area contributed by atoms with Crippen molar-refractivity contribution in [1.82, 2.24) is 15.3 Å². The smallest absolute Gasteiger partial charge is 0.150 e. The summed E-state index contributed by atoms with van der Waals surface area (Å²) in [6.45, 7) is 4.88. The summed E-state index contributed by atoms with van der Waals surface area (Å²) in [5.41, 5.74) is 1.06. The van der Waals surface area contributed by atoms with Crippen LogP contribution in [0.2, 0.25) is 5.02 Å². The van der Waals surface area contributed by atoms with Gasteiger partial charge in [-0.1, -0.05) is 18.5 Å². The first-order valence-electron chi connectivity index (χ1n) is 5.47. The van der Waals surface area contributed by atoms with Gasteiger partial charge in [-0.05, 0) is 30.5 Å². The summed E-state index contributed by atoms with van der Waals surface area (Å²) < 4.78 is 0. The molecule has 5 heteroatoms. The van der Waals surface area contributed by atoms with Crippen molar-refractivity contribution >= 4 is 22.9 Å². The third-order valence-electron chi connectivity index (χ3n) is 2.37. The van der Waals surface area contributed by atoms with E-state index in [0.29, 0.717) is 0 Å². The fraction of sp³-hybridized carbons (Fsp3) is 0.333. The van der Waals surface area contributed by atoms with Gasteiger partial charge in [-0.3, -0.25) is 0 Å². The maximum atomic E-state index is 6.17. The molecule has 1 unspecified atom stereocenters. The molecule has 0 saturated carbocycles. The Kier molecular flexibility index (Phi) is 4.10. The zero-order chi connectivity index (χ0) is 12.3. The first-order valence-corrected chi connectivity index (χ1v) is 6.73. The van der Waals surface area contributed by atoms with Gasteiger partial charge in [0, 0.05) is 17.3 Å². The molecule has 0 bridgehead atoms. The molecule has 1 atom stereocenters. The molecule has 0 aliphatic rings. The molecule has 0 aromatic carbocycles. The minimum absolute atomic E-state index is 0.0203. The Morgan fingerprint density at radius 3 is 2.65 bits per heavy atom. The van der Waals surface area contributed by atoms with Gasteiger partial charge in [0.15, 0.2) is 5.82 Å². The SMILES string of the molecule is CCNC(c1ncc(C)cn1)c1sccc1Cl. The number of nitrogens with one attached hydrogen (secondary N) is 1. The Labute approximate surface area is 110 Å². The number of aromatic nitrogens is 2. The van der Waals surface area contributed by atoms with Gasteiger partial charge in [-0.25, -0.2) is 9.97 Å². The van der Waals surface area contributed by atoms with Crippen LogP contribution < -0.4 is 5.32 Å². The van der Waals surface area contributed by atoms with Crippen LogP contribution in [-0.4, -0.2) is 16.5 Å². The van der Waals surface area contributed by atoms with Gasteiger partial charge >= 0.3 is 0 Å². The third kappa shape index (κ3) is 2.83. The summed E-state index contributed by atoms with van der Waals surface area (Å²) >= 11 is 7.79. The van der Waals surface area contributed by atoms with Crippen LogP contribution in [0.5, 0.6) is 0 Å². The van der Waals surface area contributed by atoms with Crippen molar-refractivity contribution in [2.24, 2.45) is 0 Å². The highest BCUT2D eigenvalue weighted by atomic mass is 35.5. The summed E-state index contributed by atoms with van der Waals surface area (Å²) in [6, 6.07) is 1.88. The fourth-order valence-electron chi connectivity index (χ4n) is 1.57. The van der Waals surface area contributed by atoms with E-state index in [0.717, 1.165) is 27.8 Å². The first kappa shape index (κ1) is 12.5. The standard InChI is InChI=1S/C12H14ClN3S/c1-3-14-10(11-9(13)4-5-17-11)12-15-6-8(2)7-16-12/h4-7,10,14H,3H2,1-2H3. The van der Waals surface area contributed by atoms with Gasteiger partial charge < -0.3 is 5.32 Å². The number of hydrogen-bond acceptors (Lipinski definition) is 4. The van der Waals surface area contributed by atoms with E-state index in [4.69, 9.17) is 11.6 Å². The highest BCUT2D eigenvalue weighted by molar-refractivity contribution is 7.10. The molecule has 0 saturated heterocycles. The van der Waals surface area contributed by atoms with Crippen molar-refractivity contribution in [2.45, 2.75) is 19.9 Å². The number of rotatable bonds is 4. The lowest BCUT2D eigenvalue weighted by Gasteiger charge is -2.15. The Bertz CT molecular complexity index is 481. The number of aryl methyl sites for hydroxylation is 1. The largest absolute Gasteiger partial charge is 0.303 e.